The Morgan fingerprint density at radius 1 is 1.10 bits per heavy atom. The fourth-order valence-electron chi connectivity index (χ4n) is 3.80. The van der Waals surface area contributed by atoms with Gasteiger partial charge in [-0.3, -0.25) is 9.89 Å². The first kappa shape index (κ1) is 21.4. The molecule has 2 N–H and O–H groups in total. The third kappa shape index (κ3) is 5.45. The summed E-state index contributed by atoms with van der Waals surface area (Å²) in [4.78, 5) is 9.25. The summed E-state index contributed by atoms with van der Waals surface area (Å²) < 4.78 is 24.0. The topological polar surface area (TPSA) is 69.6 Å². The van der Waals surface area contributed by atoms with E-state index in [1.165, 1.54) is 17.7 Å². The quantitative estimate of drug-likeness (QED) is 0.544. The molecule has 2 aromatic rings. The Kier molecular flexibility index (Phi) is 6.89. The summed E-state index contributed by atoms with van der Waals surface area (Å²) in [5, 5.41) is 13.7. The molecule has 31 heavy (non-hydrogen) atoms. The highest BCUT2D eigenvalue weighted by Crippen LogP contribution is 2.32. The molecule has 0 spiro atoms. The highest BCUT2D eigenvalue weighted by atomic mass is 19.1. The van der Waals surface area contributed by atoms with Crippen molar-refractivity contribution in [3.63, 3.8) is 0 Å². The van der Waals surface area contributed by atoms with Gasteiger partial charge in [-0.1, -0.05) is 18.2 Å². The van der Waals surface area contributed by atoms with Crippen molar-refractivity contribution in [3.8, 4) is 11.5 Å². The molecule has 0 amide bonds. The largest absolute Gasteiger partial charge is 0.454 e. The van der Waals surface area contributed by atoms with Gasteiger partial charge >= 0.3 is 0 Å². The van der Waals surface area contributed by atoms with Crippen LogP contribution in [0.3, 0.4) is 0 Å². The van der Waals surface area contributed by atoms with Crippen LogP contribution in [0.15, 0.2) is 47.5 Å². The number of aliphatic hydroxyl groups excluding tert-OH is 1. The molecule has 0 aromatic heterocycles. The minimum Gasteiger partial charge on any atom is -0.454 e. The van der Waals surface area contributed by atoms with Gasteiger partial charge in [-0.15, -0.1) is 0 Å². The summed E-state index contributed by atoms with van der Waals surface area (Å²) in [5.74, 6) is 2.11. The fourth-order valence-corrected chi connectivity index (χ4v) is 3.80. The van der Waals surface area contributed by atoms with Gasteiger partial charge in [0.25, 0.3) is 0 Å². The number of piperazine rings is 1. The van der Waals surface area contributed by atoms with E-state index in [2.05, 4.69) is 32.2 Å². The van der Waals surface area contributed by atoms with Crippen molar-refractivity contribution in [1.29, 1.82) is 0 Å². The van der Waals surface area contributed by atoms with Crippen LogP contribution in [-0.2, 0) is 6.54 Å². The molecule has 1 fully saturated rings. The molecule has 8 heteroatoms. The second-order valence-electron chi connectivity index (χ2n) is 7.71. The van der Waals surface area contributed by atoms with Crippen molar-refractivity contribution in [1.82, 2.24) is 15.1 Å². The maximum absolute atomic E-state index is 13.1. The predicted octanol–water partition coefficient (Wildman–Crippen LogP) is 2.37. The summed E-state index contributed by atoms with van der Waals surface area (Å²) in [6.45, 7) is 7.70. The number of aliphatic hydroxyl groups is 1. The van der Waals surface area contributed by atoms with Gasteiger partial charge in [0.15, 0.2) is 17.5 Å². The van der Waals surface area contributed by atoms with Gasteiger partial charge < -0.3 is 24.8 Å². The lowest BCUT2D eigenvalue weighted by molar-refractivity contribution is 0.168. The number of hydrogen-bond acceptors (Lipinski definition) is 5. The summed E-state index contributed by atoms with van der Waals surface area (Å²) in [7, 11) is 0. The average Bonchev–Trinajstić information content (AvgIpc) is 3.25. The highest BCUT2D eigenvalue weighted by Gasteiger charge is 2.21. The second kappa shape index (κ2) is 9.98. The van der Waals surface area contributed by atoms with E-state index in [4.69, 9.17) is 9.47 Å². The van der Waals surface area contributed by atoms with E-state index in [0.29, 0.717) is 12.4 Å². The van der Waals surface area contributed by atoms with E-state index in [1.54, 1.807) is 12.1 Å². The molecule has 1 saturated heterocycles. The third-order valence-electron chi connectivity index (χ3n) is 5.52. The first-order valence-corrected chi connectivity index (χ1v) is 10.7. The number of nitrogens with one attached hydrogen (secondary N) is 1. The number of rotatable bonds is 6. The molecule has 1 unspecified atom stereocenters. The first-order valence-electron chi connectivity index (χ1n) is 10.7. The third-order valence-corrected chi connectivity index (χ3v) is 5.52. The standard InChI is InChI=1S/C23H29FN4O3/c1-2-25-23(26-14-20(29)18-4-6-19(24)7-5-18)28-11-9-27(10-12-28)15-17-3-8-21-22(13-17)31-16-30-21/h3-8,13,20,29H,2,9-12,14-16H2,1H3,(H,25,26). The molecule has 0 aliphatic carbocycles. The first-order chi connectivity index (χ1) is 15.1. The molecular formula is C23H29FN4O3. The minimum atomic E-state index is -0.762. The number of halogens is 1. The Balaban J connectivity index is 1.31. The van der Waals surface area contributed by atoms with E-state index >= 15 is 0 Å². The molecule has 166 valence electrons. The van der Waals surface area contributed by atoms with Gasteiger partial charge in [0, 0.05) is 39.3 Å². The van der Waals surface area contributed by atoms with Gasteiger partial charge in [0.1, 0.15) is 5.82 Å². The SMILES string of the molecule is CCNC(=NCC(O)c1ccc(F)cc1)N1CCN(Cc2ccc3c(c2)OCO3)CC1. The number of ether oxygens (including phenoxy) is 2. The van der Waals surface area contributed by atoms with Crippen LogP contribution in [0, 0.1) is 5.82 Å². The Bertz CT molecular complexity index is 898. The van der Waals surface area contributed by atoms with Crippen LogP contribution in [0.1, 0.15) is 24.2 Å². The van der Waals surface area contributed by atoms with E-state index in [0.717, 1.165) is 56.7 Å². The van der Waals surface area contributed by atoms with Crippen LogP contribution >= 0.6 is 0 Å². The number of aliphatic imine (C=N–C) groups is 1. The molecule has 4 rings (SSSR count). The minimum absolute atomic E-state index is 0.228. The van der Waals surface area contributed by atoms with Crippen molar-refractivity contribution in [3.05, 3.63) is 59.4 Å². The summed E-state index contributed by atoms with van der Waals surface area (Å²) in [6, 6.07) is 12.0. The number of guanidine groups is 1. The second-order valence-corrected chi connectivity index (χ2v) is 7.71. The highest BCUT2D eigenvalue weighted by molar-refractivity contribution is 5.80. The normalized spacial score (nSPS) is 17.6. The van der Waals surface area contributed by atoms with Crippen molar-refractivity contribution < 1.29 is 19.0 Å². The van der Waals surface area contributed by atoms with Crippen LogP contribution in [0.25, 0.3) is 0 Å². The Labute approximate surface area is 182 Å². The zero-order chi connectivity index (χ0) is 21.6. The lowest BCUT2D eigenvalue weighted by atomic mass is 10.1. The maximum atomic E-state index is 13.1. The lowest BCUT2D eigenvalue weighted by Crippen LogP contribution is -2.52. The average molecular weight is 429 g/mol. The number of benzene rings is 2. The van der Waals surface area contributed by atoms with Crippen molar-refractivity contribution in [2.75, 3.05) is 46.1 Å². The van der Waals surface area contributed by atoms with Crippen LogP contribution in [0.2, 0.25) is 0 Å². The van der Waals surface area contributed by atoms with Gasteiger partial charge in [-0.05, 0) is 42.3 Å². The molecular weight excluding hydrogens is 399 g/mol. The van der Waals surface area contributed by atoms with Crippen molar-refractivity contribution in [2.24, 2.45) is 4.99 Å². The van der Waals surface area contributed by atoms with Crippen LogP contribution in [-0.4, -0.2) is 66.9 Å². The summed E-state index contributed by atoms with van der Waals surface area (Å²) in [6.07, 6.45) is -0.762. The Morgan fingerprint density at radius 2 is 1.84 bits per heavy atom. The molecule has 0 saturated carbocycles. The monoisotopic (exact) mass is 428 g/mol. The molecule has 2 heterocycles. The van der Waals surface area contributed by atoms with Crippen LogP contribution in [0.5, 0.6) is 11.5 Å². The zero-order valence-corrected chi connectivity index (χ0v) is 17.8. The van der Waals surface area contributed by atoms with Crippen molar-refractivity contribution in [2.45, 2.75) is 19.6 Å². The molecule has 0 bridgehead atoms. The Hall–Kier alpha value is -2.84. The maximum Gasteiger partial charge on any atom is 0.231 e. The molecule has 2 aromatic carbocycles. The molecule has 2 aliphatic rings. The van der Waals surface area contributed by atoms with Crippen molar-refractivity contribution >= 4 is 5.96 Å². The lowest BCUT2D eigenvalue weighted by Gasteiger charge is -2.36. The molecule has 2 aliphatic heterocycles. The van der Waals surface area contributed by atoms with Gasteiger partial charge in [0.05, 0.1) is 12.6 Å². The number of nitrogens with zero attached hydrogens (tertiary/aromatic N) is 3. The van der Waals surface area contributed by atoms with E-state index in [9.17, 15) is 9.50 Å². The van der Waals surface area contributed by atoms with Crippen LogP contribution < -0.4 is 14.8 Å². The summed E-state index contributed by atoms with van der Waals surface area (Å²) >= 11 is 0. The zero-order valence-electron chi connectivity index (χ0n) is 17.8. The van der Waals surface area contributed by atoms with Crippen LogP contribution in [0.4, 0.5) is 4.39 Å². The Morgan fingerprint density at radius 3 is 2.58 bits per heavy atom. The molecule has 1 atom stereocenters. The van der Waals surface area contributed by atoms with Gasteiger partial charge in [0.2, 0.25) is 6.79 Å². The molecule has 0 radical (unpaired) electrons. The smallest absolute Gasteiger partial charge is 0.231 e. The number of hydrogen-bond donors (Lipinski definition) is 2. The number of fused-ring (bicyclic) bond motifs is 1. The molecule has 7 nitrogen and oxygen atoms in total. The van der Waals surface area contributed by atoms with E-state index in [1.807, 2.05) is 13.0 Å². The van der Waals surface area contributed by atoms with E-state index < -0.39 is 6.10 Å². The predicted molar refractivity (Wildman–Crippen MR) is 117 cm³/mol. The summed E-state index contributed by atoms with van der Waals surface area (Å²) in [5.41, 5.74) is 1.87. The van der Waals surface area contributed by atoms with E-state index in [-0.39, 0.29) is 12.4 Å². The van der Waals surface area contributed by atoms with Gasteiger partial charge in [-0.2, -0.15) is 0 Å². The fraction of sp³-hybridized carbons (Fsp3) is 0.435. The van der Waals surface area contributed by atoms with Gasteiger partial charge in [-0.25, -0.2) is 4.39 Å².